The van der Waals surface area contributed by atoms with Crippen LogP contribution in [0.3, 0.4) is 0 Å². The number of fused-ring (bicyclic) bond motifs is 1. The van der Waals surface area contributed by atoms with Crippen LogP contribution in [-0.2, 0) is 11.2 Å². The molecule has 0 spiro atoms. The van der Waals surface area contributed by atoms with Crippen molar-refractivity contribution in [3.8, 4) is 0 Å². The fourth-order valence-electron chi connectivity index (χ4n) is 3.81. The fourth-order valence-corrected chi connectivity index (χ4v) is 3.81. The number of carbonyl (C=O) groups excluding carboxylic acids is 2. The smallest absolute Gasteiger partial charge is 0.251 e. The highest BCUT2D eigenvalue weighted by atomic mass is 16.2. The molecule has 1 aliphatic heterocycles. The minimum Gasteiger partial charge on any atom is -0.362 e. The van der Waals surface area contributed by atoms with Gasteiger partial charge in [-0.15, -0.1) is 0 Å². The molecule has 2 amide bonds. The van der Waals surface area contributed by atoms with Gasteiger partial charge in [0.05, 0.1) is 6.54 Å². The van der Waals surface area contributed by atoms with Crippen molar-refractivity contribution < 1.29 is 9.59 Å². The van der Waals surface area contributed by atoms with E-state index in [9.17, 15) is 9.59 Å². The summed E-state index contributed by atoms with van der Waals surface area (Å²) in [5, 5.41) is 6.04. The number of benzene rings is 2. The maximum Gasteiger partial charge on any atom is 0.251 e. The van der Waals surface area contributed by atoms with E-state index < -0.39 is 0 Å². The molecule has 154 valence electrons. The average Bonchev–Trinajstić information content (AvgIpc) is 2.72. The second-order valence-electron chi connectivity index (χ2n) is 8.07. The Morgan fingerprint density at radius 1 is 1.03 bits per heavy atom. The SMILES string of the molecule is CC(C)NC(=O)c1cccc2c1CCCN2CC(=O)NCC(C)c1ccccc1. The summed E-state index contributed by atoms with van der Waals surface area (Å²) in [5.41, 5.74) is 3.98. The molecular formula is C24H31N3O2. The Bertz CT molecular complexity index is 848. The van der Waals surface area contributed by atoms with Crippen molar-refractivity contribution in [2.45, 2.75) is 45.6 Å². The summed E-state index contributed by atoms with van der Waals surface area (Å²) in [6.45, 7) is 7.78. The second kappa shape index (κ2) is 9.59. The molecule has 0 radical (unpaired) electrons. The van der Waals surface area contributed by atoms with Crippen molar-refractivity contribution in [3.05, 3.63) is 65.2 Å². The Balaban J connectivity index is 1.64. The van der Waals surface area contributed by atoms with Crippen LogP contribution in [0.1, 0.15) is 54.6 Å². The molecule has 2 aromatic rings. The number of nitrogens with zero attached hydrogens (tertiary/aromatic N) is 1. The first-order chi connectivity index (χ1) is 14.0. The van der Waals surface area contributed by atoms with Gasteiger partial charge in [-0.1, -0.05) is 43.3 Å². The van der Waals surface area contributed by atoms with E-state index in [1.807, 2.05) is 50.2 Å². The Morgan fingerprint density at radius 2 is 1.79 bits per heavy atom. The third-order valence-corrected chi connectivity index (χ3v) is 5.32. The number of hydrogen-bond acceptors (Lipinski definition) is 3. The lowest BCUT2D eigenvalue weighted by molar-refractivity contribution is -0.119. The van der Waals surface area contributed by atoms with E-state index in [-0.39, 0.29) is 23.8 Å². The predicted octanol–water partition coefficient (Wildman–Crippen LogP) is 3.50. The topological polar surface area (TPSA) is 61.4 Å². The molecular weight excluding hydrogens is 362 g/mol. The van der Waals surface area contributed by atoms with Gasteiger partial charge in [0.1, 0.15) is 0 Å². The van der Waals surface area contributed by atoms with E-state index in [1.165, 1.54) is 5.56 Å². The quantitative estimate of drug-likeness (QED) is 0.757. The maximum atomic E-state index is 12.6. The monoisotopic (exact) mass is 393 g/mol. The van der Waals surface area contributed by atoms with Crippen molar-refractivity contribution in [2.75, 3.05) is 24.5 Å². The first-order valence-corrected chi connectivity index (χ1v) is 10.4. The molecule has 1 atom stereocenters. The molecule has 0 bridgehead atoms. The van der Waals surface area contributed by atoms with Crippen molar-refractivity contribution >= 4 is 17.5 Å². The Kier molecular flexibility index (Phi) is 6.91. The molecule has 0 aliphatic carbocycles. The van der Waals surface area contributed by atoms with Gasteiger partial charge in [0.2, 0.25) is 5.91 Å². The minimum absolute atomic E-state index is 0.0117. The highest BCUT2D eigenvalue weighted by molar-refractivity contribution is 5.97. The van der Waals surface area contributed by atoms with E-state index in [2.05, 4.69) is 34.6 Å². The molecule has 2 aromatic carbocycles. The summed E-state index contributed by atoms with van der Waals surface area (Å²) in [6.07, 6.45) is 1.80. The van der Waals surface area contributed by atoms with Crippen LogP contribution in [0, 0.1) is 0 Å². The van der Waals surface area contributed by atoms with Gasteiger partial charge in [-0.25, -0.2) is 0 Å². The van der Waals surface area contributed by atoms with Crippen LogP contribution in [0.15, 0.2) is 48.5 Å². The number of carbonyl (C=O) groups is 2. The van der Waals surface area contributed by atoms with E-state index >= 15 is 0 Å². The van der Waals surface area contributed by atoms with Gasteiger partial charge in [-0.05, 0) is 55.9 Å². The lowest BCUT2D eigenvalue weighted by atomic mass is 9.95. The number of hydrogen-bond donors (Lipinski definition) is 2. The van der Waals surface area contributed by atoms with Gasteiger partial charge in [-0.2, -0.15) is 0 Å². The molecule has 29 heavy (non-hydrogen) atoms. The second-order valence-corrected chi connectivity index (χ2v) is 8.07. The van der Waals surface area contributed by atoms with Gasteiger partial charge in [0.15, 0.2) is 0 Å². The largest absolute Gasteiger partial charge is 0.362 e. The summed E-state index contributed by atoms with van der Waals surface area (Å²) < 4.78 is 0. The molecule has 0 fully saturated rings. The number of amides is 2. The van der Waals surface area contributed by atoms with Gasteiger partial charge >= 0.3 is 0 Å². The Labute approximate surface area is 173 Å². The lowest BCUT2D eigenvalue weighted by Crippen LogP contribution is -2.41. The molecule has 0 saturated carbocycles. The first-order valence-electron chi connectivity index (χ1n) is 10.4. The van der Waals surface area contributed by atoms with Crippen molar-refractivity contribution in [3.63, 3.8) is 0 Å². The van der Waals surface area contributed by atoms with Crippen LogP contribution < -0.4 is 15.5 Å². The van der Waals surface area contributed by atoms with E-state index in [1.54, 1.807) is 0 Å². The van der Waals surface area contributed by atoms with E-state index in [0.29, 0.717) is 13.1 Å². The normalized spacial score (nSPS) is 14.3. The zero-order chi connectivity index (χ0) is 20.8. The van der Waals surface area contributed by atoms with Crippen LogP contribution >= 0.6 is 0 Å². The van der Waals surface area contributed by atoms with Crippen molar-refractivity contribution in [1.29, 1.82) is 0 Å². The summed E-state index contributed by atoms with van der Waals surface area (Å²) >= 11 is 0. The van der Waals surface area contributed by atoms with Crippen LogP contribution in [0.4, 0.5) is 5.69 Å². The minimum atomic E-state index is -0.0418. The molecule has 5 nitrogen and oxygen atoms in total. The van der Waals surface area contributed by atoms with Crippen LogP contribution in [0.2, 0.25) is 0 Å². The van der Waals surface area contributed by atoms with Gasteiger partial charge in [0.25, 0.3) is 5.91 Å². The highest BCUT2D eigenvalue weighted by Crippen LogP contribution is 2.29. The zero-order valence-corrected chi connectivity index (χ0v) is 17.6. The van der Waals surface area contributed by atoms with E-state index in [4.69, 9.17) is 0 Å². The Hall–Kier alpha value is -2.82. The lowest BCUT2D eigenvalue weighted by Gasteiger charge is -2.32. The molecule has 2 N–H and O–H groups in total. The zero-order valence-electron chi connectivity index (χ0n) is 17.6. The molecule has 0 saturated heterocycles. The predicted molar refractivity (Wildman–Crippen MR) is 117 cm³/mol. The summed E-state index contributed by atoms with van der Waals surface area (Å²) in [5.74, 6) is 0.234. The molecule has 1 heterocycles. The average molecular weight is 394 g/mol. The third-order valence-electron chi connectivity index (χ3n) is 5.32. The van der Waals surface area contributed by atoms with Crippen molar-refractivity contribution in [2.24, 2.45) is 0 Å². The first kappa shape index (κ1) is 20.9. The van der Waals surface area contributed by atoms with Gasteiger partial charge in [0, 0.05) is 30.4 Å². The standard InChI is InChI=1S/C24H31N3O2/c1-17(2)26-24(29)21-11-7-13-22-20(21)12-8-14-27(22)16-23(28)25-15-18(3)19-9-5-4-6-10-19/h4-7,9-11,13,17-18H,8,12,14-16H2,1-3H3,(H,25,28)(H,26,29). The molecule has 0 aromatic heterocycles. The summed E-state index contributed by atoms with van der Waals surface area (Å²) in [6, 6.07) is 16.1. The number of rotatable bonds is 7. The number of anilines is 1. The van der Waals surface area contributed by atoms with Gasteiger partial charge < -0.3 is 15.5 Å². The van der Waals surface area contributed by atoms with Crippen LogP contribution in [-0.4, -0.2) is 37.5 Å². The molecule has 1 unspecified atom stereocenters. The molecule has 3 rings (SSSR count). The summed E-state index contributed by atoms with van der Waals surface area (Å²) in [4.78, 5) is 27.2. The van der Waals surface area contributed by atoms with Crippen LogP contribution in [0.5, 0.6) is 0 Å². The Morgan fingerprint density at radius 3 is 2.52 bits per heavy atom. The van der Waals surface area contributed by atoms with Crippen molar-refractivity contribution in [1.82, 2.24) is 10.6 Å². The maximum absolute atomic E-state index is 12.6. The number of nitrogens with one attached hydrogen (secondary N) is 2. The van der Waals surface area contributed by atoms with Crippen LogP contribution in [0.25, 0.3) is 0 Å². The van der Waals surface area contributed by atoms with E-state index in [0.717, 1.165) is 36.2 Å². The van der Waals surface area contributed by atoms with Gasteiger partial charge in [-0.3, -0.25) is 9.59 Å². The molecule has 5 heteroatoms. The highest BCUT2D eigenvalue weighted by Gasteiger charge is 2.24. The third kappa shape index (κ3) is 5.37. The molecule has 1 aliphatic rings. The summed E-state index contributed by atoms with van der Waals surface area (Å²) in [7, 11) is 0. The fraction of sp³-hybridized carbons (Fsp3) is 0.417.